The van der Waals surface area contributed by atoms with Gasteiger partial charge in [-0.1, -0.05) is 43.3 Å². The van der Waals surface area contributed by atoms with E-state index in [2.05, 4.69) is 15.3 Å². The van der Waals surface area contributed by atoms with Crippen LogP contribution in [0.5, 0.6) is 5.75 Å². The highest BCUT2D eigenvalue weighted by atomic mass is 16.5. The van der Waals surface area contributed by atoms with Crippen LogP contribution in [0.15, 0.2) is 79.1 Å². The maximum atomic E-state index is 14.0. The van der Waals surface area contributed by atoms with Crippen molar-refractivity contribution in [2.75, 3.05) is 6.61 Å². The molecule has 0 aliphatic carbocycles. The minimum absolute atomic E-state index is 0.00912. The number of fused-ring (bicyclic) bond motifs is 2. The molecule has 2 amide bonds. The molecule has 6 rings (SSSR count). The lowest BCUT2D eigenvalue weighted by Crippen LogP contribution is -2.57. The van der Waals surface area contributed by atoms with E-state index in [1.54, 1.807) is 30.6 Å². The van der Waals surface area contributed by atoms with Crippen LogP contribution in [0, 0.1) is 11.8 Å². The molecule has 3 N–H and O–H groups in total. The van der Waals surface area contributed by atoms with Gasteiger partial charge in [0.2, 0.25) is 11.8 Å². The third kappa shape index (κ3) is 4.23. The Balaban J connectivity index is 1.43. The molecule has 4 atom stereocenters. The molecule has 0 spiro atoms. The number of hydrogen-bond acceptors (Lipinski definition) is 6. The van der Waals surface area contributed by atoms with E-state index in [9.17, 15) is 19.5 Å². The Kier molecular flexibility index (Phi) is 6.59. The number of rotatable bonds is 9. The second-order valence-electron chi connectivity index (χ2n) is 10.4. The molecule has 40 heavy (non-hydrogen) atoms. The number of H-pyrrole nitrogens is 1. The number of carboxylic acid groups (broad SMARTS) is 1. The van der Waals surface area contributed by atoms with Crippen molar-refractivity contribution in [3.63, 3.8) is 0 Å². The monoisotopic (exact) mass is 538 g/mol. The Bertz CT molecular complexity index is 1570. The van der Waals surface area contributed by atoms with Crippen LogP contribution in [-0.2, 0) is 27.3 Å². The van der Waals surface area contributed by atoms with E-state index in [-0.39, 0.29) is 13.0 Å². The molecule has 9 heteroatoms. The van der Waals surface area contributed by atoms with E-state index in [0.29, 0.717) is 18.1 Å². The molecule has 0 bridgehead atoms. The van der Waals surface area contributed by atoms with E-state index >= 15 is 0 Å². The summed E-state index contributed by atoms with van der Waals surface area (Å²) in [6.45, 7) is 2.59. The number of hydrogen-bond donors (Lipinski definition) is 3. The number of para-hydroxylation sites is 1. The first kappa shape index (κ1) is 25.8. The summed E-state index contributed by atoms with van der Waals surface area (Å²) in [5.41, 5.74) is 1.21. The lowest BCUT2D eigenvalue weighted by molar-refractivity contribution is -0.151. The summed E-state index contributed by atoms with van der Waals surface area (Å²) >= 11 is 0. The van der Waals surface area contributed by atoms with Crippen molar-refractivity contribution in [3.05, 3.63) is 95.9 Å². The third-order valence-electron chi connectivity index (χ3n) is 8.03. The first-order valence-electron chi connectivity index (χ1n) is 13.5. The molecule has 4 unspecified atom stereocenters. The quantitative estimate of drug-likeness (QED) is 0.276. The Morgan fingerprint density at radius 2 is 1.82 bits per heavy atom. The Morgan fingerprint density at radius 1 is 1.05 bits per heavy atom. The van der Waals surface area contributed by atoms with E-state index < -0.39 is 41.2 Å². The standard InChI is InChI=1S/C31H30N4O5/c1-2-15-40-22-12-10-19(11-13-22)27-25-26(29(37)35(28(25)36)18-21-7-5-6-14-32-21)31(34-27,30(38)39)16-20-17-33-24-9-4-3-8-23(20)24/h3-14,17,25-27,33-34H,2,15-16,18H2,1H3,(H,38,39). The van der Waals surface area contributed by atoms with Crippen LogP contribution >= 0.6 is 0 Å². The number of aromatic nitrogens is 2. The van der Waals surface area contributed by atoms with Gasteiger partial charge in [0.15, 0.2) is 0 Å². The second-order valence-corrected chi connectivity index (χ2v) is 10.4. The number of ether oxygens (including phenoxy) is 1. The normalized spacial score (nSPS) is 24.0. The van der Waals surface area contributed by atoms with E-state index in [0.717, 1.165) is 28.5 Å². The summed E-state index contributed by atoms with van der Waals surface area (Å²) in [7, 11) is 0. The number of nitrogens with zero attached hydrogens (tertiary/aromatic N) is 2. The van der Waals surface area contributed by atoms with Gasteiger partial charge in [0.05, 0.1) is 30.7 Å². The lowest BCUT2D eigenvalue weighted by Gasteiger charge is -2.31. The number of imide groups is 1. The number of likely N-dealkylation sites (tertiary alicyclic amines) is 1. The van der Waals surface area contributed by atoms with Crippen LogP contribution in [-0.4, -0.2) is 49.9 Å². The van der Waals surface area contributed by atoms with Gasteiger partial charge in [0.1, 0.15) is 11.3 Å². The molecule has 0 radical (unpaired) electrons. The number of aromatic amines is 1. The number of carbonyl (C=O) groups is 3. The molecule has 2 aliphatic rings. The molecular formula is C31H30N4O5. The van der Waals surface area contributed by atoms with Crippen LogP contribution in [0.25, 0.3) is 10.9 Å². The largest absolute Gasteiger partial charge is 0.494 e. The molecule has 2 aromatic heterocycles. The molecule has 4 heterocycles. The van der Waals surface area contributed by atoms with Gasteiger partial charge in [-0.05, 0) is 47.9 Å². The first-order valence-corrected chi connectivity index (χ1v) is 13.5. The zero-order chi connectivity index (χ0) is 27.9. The first-order chi connectivity index (χ1) is 19.4. The molecule has 2 fully saturated rings. The minimum atomic E-state index is -1.71. The smallest absolute Gasteiger partial charge is 0.325 e. The fourth-order valence-corrected chi connectivity index (χ4v) is 6.16. The Labute approximate surface area is 231 Å². The van der Waals surface area contributed by atoms with Gasteiger partial charge in [-0.25, -0.2) is 0 Å². The van der Waals surface area contributed by atoms with Crippen molar-refractivity contribution in [2.24, 2.45) is 11.8 Å². The zero-order valence-electron chi connectivity index (χ0n) is 22.0. The molecule has 2 aliphatic heterocycles. The van der Waals surface area contributed by atoms with Crippen molar-refractivity contribution in [3.8, 4) is 5.75 Å². The fraction of sp³-hybridized carbons (Fsp3) is 0.290. The number of carboxylic acids is 1. The lowest BCUT2D eigenvalue weighted by atomic mass is 9.76. The van der Waals surface area contributed by atoms with Crippen molar-refractivity contribution in [1.29, 1.82) is 0 Å². The maximum absolute atomic E-state index is 14.0. The number of amides is 2. The van der Waals surface area contributed by atoms with Gasteiger partial charge in [0.25, 0.3) is 0 Å². The molecule has 4 aromatic rings. The van der Waals surface area contributed by atoms with Gasteiger partial charge in [-0.15, -0.1) is 0 Å². The van der Waals surface area contributed by atoms with Crippen molar-refractivity contribution >= 4 is 28.7 Å². The SMILES string of the molecule is CCCOc1ccc(C2NC(Cc3c[nH]c4ccccc34)(C(=O)O)C3C(=O)N(Cc4ccccn4)C(=O)C23)cc1. The summed E-state index contributed by atoms with van der Waals surface area (Å²) < 4.78 is 5.72. The minimum Gasteiger partial charge on any atom is -0.494 e. The number of nitrogens with one attached hydrogen (secondary N) is 2. The fourth-order valence-electron chi connectivity index (χ4n) is 6.16. The van der Waals surface area contributed by atoms with Crippen LogP contribution in [0.1, 0.15) is 36.2 Å². The van der Waals surface area contributed by atoms with E-state index in [1.807, 2.05) is 55.5 Å². The number of pyridine rings is 1. The molecule has 204 valence electrons. The molecule has 0 saturated carbocycles. The highest BCUT2D eigenvalue weighted by molar-refractivity contribution is 6.09. The number of aliphatic carboxylic acids is 1. The summed E-state index contributed by atoms with van der Waals surface area (Å²) in [5.74, 6) is -3.36. The summed E-state index contributed by atoms with van der Waals surface area (Å²) in [6, 6.07) is 19.5. The molecule has 9 nitrogen and oxygen atoms in total. The second kappa shape index (κ2) is 10.2. The van der Waals surface area contributed by atoms with Crippen molar-refractivity contribution in [2.45, 2.75) is 37.9 Å². The average Bonchev–Trinajstić information content (AvgIpc) is 3.62. The Morgan fingerprint density at radius 3 is 2.55 bits per heavy atom. The maximum Gasteiger partial charge on any atom is 0.325 e. The predicted molar refractivity (Wildman–Crippen MR) is 147 cm³/mol. The van der Waals surface area contributed by atoms with E-state index in [1.165, 1.54) is 4.90 Å². The van der Waals surface area contributed by atoms with Crippen LogP contribution in [0.2, 0.25) is 0 Å². The van der Waals surface area contributed by atoms with Crippen LogP contribution in [0.3, 0.4) is 0 Å². The zero-order valence-corrected chi connectivity index (χ0v) is 22.0. The summed E-state index contributed by atoms with van der Waals surface area (Å²) in [4.78, 5) is 49.8. The third-order valence-corrected chi connectivity index (χ3v) is 8.03. The predicted octanol–water partition coefficient (Wildman–Crippen LogP) is 3.86. The van der Waals surface area contributed by atoms with Gasteiger partial charge in [-0.2, -0.15) is 0 Å². The van der Waals surface area contributed by atoms with Crippen LogP contribution in [0.4, 0.5) is 0 Å². The van der Waals surface area contributed by atoms with E-state index in [4.69, 9.17) is 4.74 Å². The Hall–Kier alpha value is -4.50. The van der Waals surface area contributed by atoms with Crippen LogP contribution < -0.4 is 10.1 Å². The molecule has 2 saturated heterocycles. The number of benzene rings is 2. The summed E-state index contributed by atoms with van der Waals surface area (Å²) in [6.07, 6.45) is 4.28. The van der Waals surface area contributed by atoms with Crippen molar-refractivity contribution in [1.82, 2.24) is 20.2 Å². The molecular weight excluding hydrogens is 508 g/mol. The topological polar surface area (TPSA) is 125 Å². The molecule has 2 aromatic carbocycles. The van der Waals surface area contributed by atoms with Gasteiger partial charge >= 0.3 is 5.97 Å². The number of carbonyl (C=O) groups excluding carboxylic acids is 2. The highest BCUT2D eigenvalue weighted by Gasteiger charge is 2.68. The van der Waals surface area contributed by atoms with Crippen molar-refractivity contribution < 1.29 is 24.2 Å². The highest BCUT2D eigenvalue weighted by Crippen LogP contribution is 2.50. The van der Waals surface area contributed by atoms with Gasteiger partial charge in [-0.3, -0.25) is 29.6 Å². The average molecular weight is 539 g/mol. The van der Waals surface area contributed by atoms with Gasteiger partial charge in [0, 0.05) is 35.8 Å². The summed E-state index contributed by atoms with van der Waals surface area (Å²) in [5, 5.41) is 15.0. The van der Waals surface area contributed by atoms with Gasteiger partial charge < -0.3 is 14.8 Å².